The molecule has 5 rings (SSSR count). The minimum Gasteiger partial charge on any atom is -0.493 e. The zero-order chi connectivity index (χ0) is 25.1. The molecule has 182 valence electrons. The van der Waals surface area contributed by atoms with Crippen molar-refractivity contribution in [2.75, 3.05) is 14.2 Å². The first-order chi connectivity index (χ1) is 17.6. The van der Waals surface area contributed by atoms with Gasteiger partial charge in [-0.05, 0) is 54.1 Å². The predicted molar refractivity (Wildman–Crippen MR) is 137 cm³/mol. The van der Waals surface area contributed by atoms with Crippen molar-refractivity contribution in [1.82, 2.24) is 20.1 Å². The van der Waals surface area contributed by atoms with E-state index in [-0.39, 0.29) is 11.4 Å². The molecule has 5 aromatic rings. The van der Waals surface area contributed by atoms with E-state index in [1.807, 2.05) is 54.6 Å². The van der Waals surface area contributed by atoms with E-state index in [1.165, 1.54) is 12.1 Å². The number of para-hydroxylation sites is 1. The number of methoxy groups -OCH3 is 2. The number of aromatic amines is 1. The average Bonchev–Trinajstić information content (AvgIpc) is 3.28. The van der Waals surface area contributed by atoms with Crippen molar-refractivity contribution < 1.29 is 13.9 Å². The molecule has 7 nitrogen and oxygen atoms in total. The molecule has 2 N–H and O–H groups in total. The fourth-order valence-corrected chi connectivity index (χ4v) is 4.14. The Balaban J connectivity index is 1.57. The first-order valence-corrected chi connectivity index (χ1v) is 11.5. The molecule has 0 aliphatic rings. The molecule has 0 unspecified atom stereocenters. The van der Waals surface area contributed by atoms with Crippen molar-refractivity contribution >= 4 is 11.0 Å². The van der Waals surface area contributed by atoms with Crippen LogP contribution in [0.2, 0.25) is 0 Å². The number of nitrogens with one attached hydrogen (secondary N) is 2. The molecule has 8 heteroatoms. The molecule has 2 heterocycles. The zero-order valence-electron chi connectivity index (χ0n) is 19.9. The summed E-state index contributed by atoms with van der Waals surface area (Å²) in [6.07, 6.45) is 0. The van der Waals surface area contributed by atoms with E-state index < -0.39 is 0 Å². The molecule has 0 spiro atoms. The highest BCUT2D eigenvalue weighted by molar-refractivity contribution is 5.92. The van der Waals surface area contributed by atoms with Crippen molar-refractivity contribution in [3.8, 4) is 28.4 Å². The summed E-state index contributed by atoms with van der Waals surface area (Å²) in [5.41, 5.74) is 4.24. The Morgan fingerprint density at radius 2 is 1.67 bits per heavy atom. The molecule has 0 bridgehead atoms. The minimum atomic E-state index is -0.279. The molecule has 0 aliphatic carbocycles. The van der Waals surface area contributed by atoms with Gasteiger partial charge in [0.25, 0.3) is 5.56 Å². The summed E-state index contributed by atoms with van der Waals surface area (Å²) >= 11 is 0. The van der Waals surface area contributed by atoms with Gasteiger partial charge in [0.15, 0.2) is 11.5 Å². The van der Waals surface area contributed by atoms with Crippen molar-refractivity contribution in [2.45, 2.75) is 13.1 Å². The maximum atomic E-state index is 13.2. The lowest BCUT2D eigenvalue weighted by molar-refractivity contribution is 0.355. The second kappa shape index (κ2) is 10.1. The normalized spacial score (nSPS) is 11.1. The lowest BCUT2D eigenvalue weighted by atomic mass is 10.1. The minimum absolute atomic E-state index is 0.204. The van der Waals surface area contributed by atoms with Gasteiger partial charge < -0.3 is 19.8 Å². The lowest BCUT2D eigenvalue weighted by Gasteiger charge is -2.09. The Kier molecular flexibility index (Phi) is 6.51. The van der Waals surface area contributed by atoms with Gasteiger partial charge in [0.2, 0.25) is 0 Å². The maximum absolute atomic E-state index is 13.2. The van der Waals surface area contributed by atoms with Crippen molar-refractivity contribution in [2.24, 2.45) is 0 Å². The summed E-state index contributed by atoms with van der Waals surface area (Å²) in [5, 5.41) is 8.94. The van der Waals surface area contributed by atoms with Gasteiger partial charge in [-0.15, -0.1) is 0 Å². The van der Waals surface area contributed by atoms with Crippen LogP contribution in [0.5, 0.6) is 11.5 Å². The fourth-order valence-electron chi connectivity index (χ4n) is 4.14. The van der Waals surface area contributed by atoms with Crippen LogP contribution in [-0.4, -0.2) is 29.0 Å². The van der Waals surface area contributed by atoms with E-state index >= 15 is 0 Å². The van der Waals surface area contributed by atoms with E-state index in [0.717, 1.165) is 22.2 Å². The van der Waals surface area contributed by atoms with Crippen LogP contribution in [0.15, 0.2) is 83.7 Å². The largest absolute Gasteiger partial charge is 0.493 e. The second-order valence-corrected chi connectivity index (χ2v) is 8.28. The van der Waals surface area contributed by atoms with Crippen molar-refractivity contribution in [3.63, 3.8) is 0 Å². The Bertz CT molecular complexity index is 1560. The number of H-pyrrole nitrogens is 1. The smallest absolute Gasteiger partial charge is 0.254 e. The van der Waals surface area contributed by atoms with E-state index in [9.17, 15) is 9.18 Å². The number of fused-ring (bicyclic) bond motifs is 1. The molecule has 0 atom stereocenters. The lowest BCUT2D eigenvalue weighted by Crippen LogP contribution is -2.21. The van der Waals surface area contributed by atoms with E-state index in [0.29, 0.717) is 41.5 Å². The Labute approximate surface area is 207 Å². The number of ether oxygens (including phenoxy) is 2. The van der Waals surface area contributed by atoms with Crippen LogP contribution < -0.4 is 20.3 Å². The second-order valence-electron chi connectivity index (χ2n) is 8.28. The molecule has 0 saturated carbocycles. The number of halogens is 1. The predicted octanol–water partition coefficient (Wildman–Crippen LogP) is 4.83. The Morgan fingerprint density at radius 3 is 2.39 bits per heavy atom. The standard InChI is InChI=1S/C28H25FN4O3/c1-35-24-13-10-19(15-25(24)36-2)26-23-14-20(17-30-16-18-8-11-21(29)12-9-18)28(34)31-27(23)33(32-26)22-6-4-3-5-7-22/h3-15,30H,16-17H2,1-2H3,(H,31,34). The van der Waals surface area contributed by atoms with Crippen LogP contribution in [0.1, 0.15) is 11.1 Å². The first-order valence-electron chi connectivity index (χ1n) is 11.5. The first kappa shape index (κ1) is 23.3. The van der Waals surface area contributed by atoms with Crippen LogP contribution in [0.3, 0.4) is 0 Å². The van der Waals surface area contributed by atoms with Crippen LogP contribution >= 0.6 is 0 Å². The maximum Gasteiger partial charge on any atom is 0.254 e. The zero-order valence-corrected chi connectivity index (χ0v) is 19.9. The Morgan fingerprint density at radius 1 is 0.917 bits per heavy atom. The highest BCUT2D eigenvalue weighted by Crippen LogP contribution is 2.35. The van der Waals surface area contributed by atoms with Gasteiger partial charge in [-0.3, -0.25) is 4.79 Å². The molecule has 0 radical (unpaired) electrons. The van der Waals surface area contributed by atoms with Crippen LogP contribution in [0.25, 0.3) is 28.0 Å². The van der Waals surface area contributed by atoms with Crippen LogP contribution in [-0.2, 0) is 13.1 Å². The molecule has 36 heavy (non-hydrogen) atoms. The van der Waals surface area contributed by atoms with Gasteiger partial charge in [-0.2, -0.15) is 5.10 Å². The molecule has 3 aromatic carbocycles. The van der Waals surface area contributed by atoms with Gasteiger partial charge in [-0.1, -0.05) is 30.3 Å². The van der Waals surface area contributed by atoms with Gasteiger partial charge in [-0.25, -0.2) is 9.07 Å². The molecular weight excluding hydrogens is 459 g/mol. The Hall–Kier alpha value is -4.43. The molecule has 0 fully saturated rings. The number of pyridine rings is 1. The number of hydrogen-bond donors (Lipinski definition) is 2. The molecule has 0 saturated heterocycles. The van der Waals surface area contributed by atoms with Gasteiger partial charge >= 0.3 is 0 Å². The summed E-state index contributed by atoms with van der Waals surface area (Å²) in [6.45, 7) is 0.841. The van der Waals surface area contributed by atoms with Crippen LogP contribution in [0.4, 0.5) is 4.39 Å². The number of benzene rings is 3. The summed E-state index contributed by atoms with van der Waals surface area (Å²) in [4.78, 5) is 16.0. The number of rotatable bonds is 8. The van der Waals surface area contributed by atoms with Gasteiger partial charge in [0, 0.05) is 29.6 Å². The quantitative estimate of drug-likeness (QED) is 0.330. The van der Waals surface area contributed by atoms with E-state index in [2.05, 4.69) is 10.3 Å². The molecule has 2 aromatic heterocycles. The summed E-state index contributed by atoms with van der Waals surface area (Å²) in [6, 6.07) is 23.4. The molecule has 0 amide bonds. The number of nitrogens with zero attached hydrogens (tertiary/aromatic N) is 2. The monoisotopic (exact) mass is 484 g/mol. The third-order valence-corrected chi connectivity index (χ3v) is 5.98. The summed E-state index contributed by atoms with van der Waals surface area (Å²) < 4.78 is 25.8. The highest BCUT2D eigenvalue weighted by Gasteiger charge is 2.18. The molecule has 0 aliphatic heterocycles. The van der Waals surface area contributed by atoms with Gasteiger partial charge in [0.05, 0.1) is 19.9 Å². The van der Waals surface area contributed by atoms with Crippen LogP contribution in [0, 0.1) is 5.82 Å². The fraction of sp³-hybridized carbons (Fsp3) is 0.143. The number of hydrogen-bond acceptors (Lipinski definition) is 5. The molecular formula is C28H25FN4O3. The third kappa shape index (κ3) is 4.58. The summed E-state index contributed by atoms with van der Waals surface area (Å²) in [5.74, 6) is 0.925. The third-order valence-electron chi connectivity index (χ3n) is 5.98. The van der Waals surface area contributed by atoms with Crippen molar-refractivity contribution in [1.29, 1.82) is 0 Å². The SMILES string of the molecule is COc1ccc(-c2nn(-c3ccccc3)c3[nH]c(=O)c(CNCc4ccc(F)cc4)cc23)cc1OC. The number of aromatic nitrogens is 3. The van der Waals surface area contributed by atoms with E-state index in [4.69, 9.17) is 14.6 Å². The topological polar surface area (TPSA) is 81.2 Å². The van der Waals surface area contributed by atoms with Crippen molar-refractivity contribution in [3.05, 3.63) is 106 Å². The van der Waals surface area contributed by atoms with E-state index in [1.54, 1.807) is 31.0 Å². The van der Waals surface area contributed by atoms with Gasteiger partial charge in [0.1, 0.15) is 17.2 Å². The highest BCUT2D eigenvalue weighted by atomic mass is 19.1. The summed E-state index contributed by atoms with van der Waals surface area (Å²) in [7, 11) is 3.18. The average molecular weight is 485 g/mol.